The lowest BCUT2D eigenvalue weighted by Crippen LogP contribution is -2.06. The maximum Gasteiger partial charge on any atom is 0.255 e. The quantitative estimate of drug-likeness (QED) is 0.674. The first kappa shape index (κ1) is 8.93. The number of carbonyl (C=O) groups is 1. The van der Waals surface area contributed by atoms with E-state index < -0.39 is 11.2 Å². The molecule has 1 radical (unpaired) electrons. The highest BCUT2D eigenvalue weighted by Crippen LogP contribution is 2.22. The molecule has 0 fully saturated rings. The van der Waals surface area contributed by atoms with Crippen LogP contribution in [0.25, 0.3) is 0 Å². The minimum Gasteiger partial charge on any atom is -0.508 e. The molecule has 1 rings (SSSR count). The fourth-order valence-corrected chi connectivity index (χ4v) is 1.01. The van der Waals surface area contributed by atoms with Crippen molar-refractivity contribution < 1.29 is 9.90 Å². The molecule has 0 aromatic heterocycles. The zero-order chi connectivity index (χ0) is 9.14. The van der Waals surface area contributed by atoms with Gasteiger partial charge < -0.3 is 5.11 Å². The van der Waals surface area contributed by atoms with Gasteiger partial charge in [0.15, 0.2) is 0 Å². The van der Waals surface area contributed by atoms with E-state index in [9.17, 15) is 4.79 Å². The average molecular weight is 182 g/mol. The van der Waals surface area contributed by atoms with E-state index in [1.807, 2.05) is 0 Å². The molecule has 0 spiro atoms. The van der Waals surface area contributed by atoms with Crippen LogP contribution >= 0.6 is 12.6 Å². The third-order valence-electron chi connectivity index (χ3n) is 1.43. The summed E-state index contributed by atoms with van der Waals surface area (Å²) in [5, 5.41) is 8.27. The third-order valence-corrected chi connectivity index (χ3v) is 1.97. The van der Waals surface area contributed by atoms with Crippen molar-refractivity contribution in [2.45, 2.75) is 5.25 Å². The van der Waals surface area contributed by atoms with Crippen molar-refractivity contribution in [1.82, 2.24) is 5.73 Å². The van der Waals surface area contributed by atoms with Gasteiger partial charge in [-0.15, -0.1) is 0 Å². The number of rotatable bonds is 2. The minimum atomic E-state index is -0.774. The van der Waals surface area contributed by atoms with Gasteiger partial charge in [0.2, 0.25) is 0 Å². The molecule has 0 bridgehead atoms. The highest BCUT2D eigenvalue weighted by atomic mass is 32.1. The van der Waals surface area contributed by atoms with E-state index >= 15 is 0 Å². The first-order valence-electron chi connectivity index (χ1n) is 3.33. The molecule has 12 heavy (non-hydrogen) atoms. The lowest BCUT2D eigenvalue weighted by atomic mass is 10.1. The molecule has 0 aliphatic heterocycles. The monoisotopic (exact) mass is 182 g/mol. The summed E-state index contributed by atoms with van der Waals surface area (Å²) in [5.41, 5.74) is 7.33. The predicted octanol–water partition coefficient (Wildman–Crippen LogP) is 1.17. The predicted molar refractivity (Wildman–Crippen MR) is 47.9 cm³/mol. The van der Waals surface area contributed by atoms with Gasteiger partial charge in [-0.25, -0.2) is 0 Å². The van der Waals surface area contributed by atoms with Crippen LogP contribution in [0.4, 0.5) is 0 Å². The van der Waals surface area contributed by atoms with Crippen LogP contribution in [0.15, 0.2) is 24.3 Å². The van der Waals surface area contributed by atoms with Crippen molar-refractivity contribution in [3.05, 3.63) is 29.8 Å². The van der Waals surface area contributed by atoms with E-state index in [0.717, 1.165) is 0 Å². The summed E-state index contributed by atoms with van der Waals surface area (Å²) in [6.07, 6.45) is 0. The number of hydrogen-bond acceptors (Lipinski definition) is 3. The van der Waals surface area contributed by atoms with Crippen LogP contribution in [0, 0.1) is 0 Å². The number of phenols is 1. The summed E-state index contributed by atoms with van der Waals surface area (Å²) in [5.74, 6) is -0.697. The van der Waals surface area contributed by atoms with E-state index in [1.54, 1.807) is 12.1 Å². The molecule has 0 saturated carbocycles. The van der Waals surface area contributed by atoms with Crippen molar-refractivity contribution in [3.8, 4) is 5.75 Å². The van der Waals surface area contributed by atoms with Gasteiger partial charge in [-0.05, 0) is 17.7 Å². The van der Waals surface area contributed by atoms with Crippen molar-refractivity contribution in [2.75, 3.05) is 0 Å². The highest BCUT2D eigenvalue weighted by Gasteiger charge is 2.12. The molecule has 0 aliphatic carbocycles. The van der Waals surface area contributed by atoms with Crippen LogP contribution in [0.5, 0.6) is 5.75 Å². The lowest BCUT2D eigenvalue weighted by molar-refractivity contribution is -0.118. The SMILES string of the molecule is [NH]C(=O)C(S)c1cccc(O)c1. The zero-order valence-electron chi connectivity index (χ0n) is 6.19. The fraction of sp³-hybridized carbons (Fsp3) is 0.125. The van der Waals surface area contributed by atoms with E-state index in [4.69, 9.17) is 10.8 Å². The number of thiol groups is 1. The maximum atomic E-state index is 10.6. The molecule has 1 unspecified atom stereocenters. The van der Waals surface area contributed by atoms with Gasteiger partial charge in [-0.3, -0.25) is 10.5 Å². The number of phenolic OH excluding ortho intramolecular Hbond substituents is 1. The van der Waals surface area contributed by atoms with Gasteiger partial charge in [0, 0.05) is 0 Å². The Balaban J connectivity index is 2.95. The van der Waals surface area contributed by atoms with Gasteiger partial charge >= 0.3 is 0 Å². The van der Waals surface area contributed by atoms with Crippen molar-refractivity contribution in [3.63, 3.8) is 0 Å². The van der Waals surface area contributed by atoms with Crippen LogP contribution in [0.2, 0.25) is 0 Å². The Hall–Kier alpha value is -1.16. The maximum absolute atomic E-state index is 10.6. The Morgan fingerprint density at radius 2 is 2.25 bits per heavy atom. The molecule has 1 aromatic carbocycles. The van der Waals surface area contributed by atoms with Crippen LogP contribution < -0.4 is 5.73 Å². The molecule has 2 N–H and O–H groups in total. The zero-order valence-corrected chi connectivity index (χ0v) is 7.08. The topological polar surface area (TPSA) is 61.1 Å². The number of aromatic hydroxyl groups is 1. The van der Waals surface area contributed by atoms with Crippen LogP contribution in [0.3, 0.4) is 0 Å². The molecule has 0 aliphatic rings. The van der Waals surface area contributed by atoms with Gasteiger partial charge in [0.25, 0.3) is 5.91 Å². The Labute approximate surface area is 75.6 Å². The van der Waals surface area contributed by atoms with Crippen LogP contribution in [-0.4, -0.2) is 11.0 Å². The summed E-state index contributed by atoms with van der Waals surface area (Å²) >= 11 is 3.91. The Morgan fingerprint density at radius 1 is 1.58 bits per heavy atom. The van der Waals surface area contributed by atoms with Gasteiger partial charge in [0.1, 0.15) is 11.0 Å². The average Bonchev–Trinajstić information content (AvgIpc) is 2.03. The molecule has 1 amide bonds. The molecule has 0 saturated heterocycles. The lowest BCUT2D eigenvalue weighted by Gasteiger charge is -2.05. The van der Waals surface area contributed by atoms with Crippen LogP contribution in [-0.2, 0) is 4.79 Å². The fourth-order valence-electron chi connectivity index (χ4n) is 0.846. The first-order chi connectivity index (χ1) is 5.61. The van der Waals surface area contributed by atoms with E-state index in [-0.39, 0.29) is 5.75 Å². The Bertz CT molecular complexity index is 301. The summed E-state index contributed by atoms with van der Waals surface area (Å²) in [6, 6.07) is 6.17. The van der Waals surface area contributed by atoms with E-state index in [2.05, 4.69) is 12.6 Å². The standard InChI is InChI=1S/C8H8NO2S/c9-8(11)7(12)5-2-1-3-6(10)4-5/h1-4,7,9-10,12H. The molecule has 1 aromatic rings. The number of benzene rings is 1. The Morgan fingerprint density at radius 3 is 2.75 bits per heavy atom. The van der Waals surface area contributed by atoms with Gasteiger partial charge in [-0.1, -0.05) is 12.1 Å². The summed E-state index contributed by atoms with van der Waals surface area (Å²) in [6.45, 7) is 0. The van der Waals surface area contributed by atoms with Crippen molar-refractivity contribution in [2.24, 2.45) is 0 Å². The highest BCUT2D eigenvalue weighted by molar-refractivity contribution is 7.81. The molecule has 63 valence electrons. The number of amides is 1. The summed E-state index contributed by atoms with van der Waals surface area (Å²) < 4.78 is 0. The first-order valence-corrected chi connectivity index (χ1v) is 3.85. The minimum absolute atomic E-state index is 0.0767. The number of hydrogen-bond donors (Lipinski definition) is 2. The van der Waals surface area contributed by atoms with Gasteiger partial charge in [-0.2, -0.15) is 12.6 Å². The van der Waals surface area contributed by atoms with E-state index in [0.29, 0.717) is 5.56 Å². The molecular formula is C8H8NO2S. The molecule has 3 nitrogen and oxygen atoms in total. The summed E-state index contributed by atoms with van der Waals surface area (Å²) in [4.78, 5) is 10.6. The van der Waals surface area contributed by atoms with Crippen LogP contribution in [0.1, 0.15) is 10.8 Å². The molecule has 4 heteroatoms. The second-order valence-corrected chi connectivity index (χ2v) is 2.88. The number of carbonyl (C=O) groups excluding carboxylic acids is 1. The Kier molecular flexibility index (Phi) is 2.60. The third kappa shape index (κ3) is 1.92. The van der Waals surface area contributed by atoms with E-state index in [1.165, 1.54) is 12.1 Å². The molecule has 1 atom stereocenters. The second kappa shape index (κ2) is 3.49. The van der Waals surface area contributed by atoms with Crippen molar-refractivity contribution >= 4 is 18.5 Å². The smallest absolute Gasteiger partial charge is 0.255 e. The summed E-state index contributed by atoms with van der Waals surface area (Å²) in [7, 11) is 0. The molecular weight excluding hydrogens is 174 g/mol. The second-order valence-electron chi connectivity index (χ2n) is 2.36. The van der Waals surface area contributed by atoms with Gasteiger partial charge in [0.05, 0.1) is 0 Å². The van der Waals surface area contributed by atoms with Crippen molar-refractivity contribution in [1.29, 1.82) is 0 Å². The number of nitrogens with one attached hydrogen (secondary N) is 1. The molecule has 0 heterocycles. The normalized spacial score (nSPS) is 12.4. The largest absolute Gasteiger partial charge is 0.508 e.